The molecule has 0 saturated carbocycles. The van der Waals surface area contributed by atoms with Crippen LogP contribution in [0.1, 0.15) is 19.1 Å². The lowest BCUT2D eigenvalue weighted by Crippen LogP contribution is -2.14. The molecule has 0 aromatic carbocycles. The highest BCUT2D eigenvalue weighted by atomic mass is 16.5. The van der Waals surface area contributed by atoms with Crippen molar-refractivity contribution >= 4 is 17.0 Å². The summed E-state index contributed by atoms with van der Waals surface area (Å²) in [5.41, 5.74) is 6.97. The second kappa shape index (κ2) is 3.94. The SMILES string of the molecule is Nc1ncnc2c1ncn2[C@H]1CCC(CO)O1. The van der Waals surface area contributed by atoms with Gasteiger partial charge in [0.2, 0.25) is 0 Å². The third-order valence-electron chi connectivity index (χ3n) is 2.99. The van der Waals surface area contributed by atoms with Crippen molar-refractivity contribution in [3.05, 3.63) is 12.7 Å². The van der Waals surface area contributed by atoms with Crippen LogP contribution in [0.4, 0.5) is 5.82 Å². The van der Waals surface area contributed by atoms with E-state index in [4.69, 9.17) is 15.6 Å². The largest absolute Gasteiger partial charge is 0.394 e. The number of ether oxygens (including phenoxy) is 1. The molecule has 17 heavy (non-hydrogen) atoms. The van der Waals surface area contributed by atoms with Gasteiger partial charge in [-0.1, -0.05) is 0 Å². The number of aliphatic hydroxyl groups is 1. The van der Waals surface area contributed by atoms with Crippen LogP contribution in [0, 0.1) is 0 Å². The minimum absolute atomic E-state index is 0.0419. The molecular weight excluding hydrogens is 222 g/mol. The molecule has 0 bridgehead atoms. The molecule has 7 nitrogen and oxygen atoms in total. The molecule has 0 radical (unpaired) electrons. The van der Waals surface area contributed by atoms with Gasteiger partial charge in [0.25, 0.3) is 0 Å². The zero-order valence-electron chi connectivity index (χ0n) is 9.15. The fourth-order valence-corrected chi connectivity index (χ4v) is 2.11. The standard InChI is InChI=1S/C10H13N5O2/c11-9-8-10(13-4-12-9)15(5-14-8)7-2-1-6(3-16)17-7/h4-7,16H,1-3H2,(H2,11,12,13)/t6?,7-/m1/s1. The predicted molar refractivity (Wildman–Crippen MR) is 60.0 cm³/mol. The van der Waals surface area contributed by atoms with Crippen molar-refractivity contribution in [3.8, 4) is 0 Å². The number of imidazole rings is 1. The Bertz CT molecular complexity index is 540. The highest BCUT2D eigenvalue weighted by Crippen LogP contribution is 2.30. The van der Waals surface area contributed by atoms with Crippen LogP contribution in [0.25, 0.3) is 11.2 Å². The molecule has 3 rings (SSSR count). The quantitative estimate of drug-likeness (QED) is 0.764. The van der Waals surface area contributed by atoms with Crippen LogP contribution in [0.15, 0.2) is 12.7 Å². The van der Waals surface area contributed by atoms with E-state index in [1.54, 1.807) is 6.33 Å². The average molecular weight is 235 g/mol. The molecule has 1 fully saturated rings. The minimum Gasteiger partial charge on any atom is -0.394 e. The van der Waals surface area contributed by atoms with Crippen molar-refractivity contribution in [2.45, 2.75) is 25.2 Å². The highest BCUT2D eigenvalue weighted by molar-refractivity contribution is 5.81. The van der Waals surface area contributed by atoms with Crippen LogP contribution >= 0.6 is 0 Å². The van der Waals surface area contributed by atoms with E-state index < -0.39 is 0 Å². The molecule has 3 heterocycles. The monoisotopic (exact) mass is 235 g/mol. The van der Waals surface area contributed by atoms with Crippen molar-refractivity contribution in [2.75, 3.05) is 12.3 Å². The average Bonchev–Trinajstić information content (AvgIpc) is 2.94. The molecular formula is C10H13N5O2. The molecule has 0 spiro atoms. The first-order chi connectivity index (χ1) is 8.29. The summed E-state index contributed by atoms with van der Waals surface area (Å²) in [6, 6.07) is 0. The van der Waals surface area contributed by atoms with Crippen LogP contribution in [0.5, 0.6) is 0 Å². The van der Waals surface area contributed by atoms with E-state index in [0.29, 0.717) is 17.0 Å². The lowest BCUT2D eigenvalue weighted by molar-refractivity contribution is -0.0207. The van der Waals surface area contributed by atoms with Gasteiger partial charge in [-0.05, 0) is 12.8 Å². The molecule has 0 amide bonds. The zero-order chi connectivity index (χ0) is 11.8. The van der Waals surface area contributed by atoms with E-state index in [1.807, 2.05) is 4.57 Å². The number of nitrogens with two attached hydrogens (primary N) is 1. The van der Waals surface area contributed by atoms with Gasteiger partial charge in [0.15, 0.2) is 11.5 Å². The first kappa shape index (κ1) is 10.4. The third kappa shape index (κ3) is 1.63. The number of nitrogens with zero attached hydrogens (tertiary/aromatic N) is 4. The van der Waals surface area contributed by atoms with Crippen molar-refractivity contribution in [3.63, 3.8) is 0 Å². The molecule has 1 aliphatic rings. The molecule has 1 aliphatic heterocycles. The maximum absolute atomic E-state index is 9.04. The van der Waals surface area contributed by atoms with Gasteiger partial charge in [0.1, 0.15) is 18.1 Å². The predicted octanol–water partition coefficient (Wildman–Crippen LogP) is 0.0784. The summed E-state index contributed by atoms with van der Waals surface area (Å²) in [5.74, 6) is 0.366. The number of rotatable bonds is 2. The second-order valence-electron chi connectivity index (χ2n) is 4.06. The molecule has 0 aliphatic carbocycles. The van der Waals surface area contributed by atoms with Crippen LogP contribution in [0.2, 0.25) is 0 Å². The fraction of sp³-hybridized carbons (Fsp3) is 0.500. The number of nitrogen functional groups attached to an aromatic ring is 1. The smallest absolute Gasteiger partial charge is 0.167 e. The number of hydrogen-bond acceptors (Lipinski definition) is 6. The number of hydrogen-bond donors (Lipinski definition) is 2. The summed E-state index contributed by atoms with van der Waals surface area (Å²) < 4.78 is 7.51. The van der Waals surface area contributed by atoms with Gasteiger partial charge in [0.05, 0.1) is 19.0 Å². The van der Waals surface area contributed by atoms with Crippen LogP contribution in [-0.4, -0.2) is 37.3 Å². The number of aliphatic hydroxyl groups excluding tert-OH is 1. The van der Waals surface area contributed by atoms with Crippen LogP contribution in [0.3, 0.4) is 0 Å². The Labute approximate surface area is 97.3 Å². The maximum Gasteiger partial charge on any atom is 0.167 e. The first-order valence-corrected chi connectivity index (χ1v) is 5.49. The highest BCUT2D eigenvalue weighted by Gasteiger charge is 2.27. The summed E-state index contributed by atoms with van der Waals surface area (Å²) in [6.07, 6.45) is 4.50. The van der Waals surface area contributed by atoms with Crippen molar-refractivity contribution in [2.24, 2.45) is 0 Å². The molecule has 2 aromatic rings. The maximum atomic E-state index is 9.04. The molecule has 90 valence electrons. The van der Waals surface area contributed by atoms with E-state index in [-0.39, 0.29) is 18.9 Å². The number of fused-ring (bicyclic) bond motifs is 1. The normalized spacial score (nSPS) is 24.5. The Morgan fingerprint density at radius 3 is 3.06 bits per heavy atom. The number of anilines is 1. The van der Waals surface area contributed by atoms with E-state index in [2.05, 4.69) is 15.0 Å². The van der Waals surface area contributed by atoms with Gasteiger partial charge in [-0.2, -0.15) is 0 Å². The van der Waals surface area contributed by atoms with Gasteiger partial charge < -0.3 is 15.6 Å². The molecule has 1 saturated heterocycles. The Balaban J connectivity index is 1.99. The molecule has 3 N–H and O–H groups in total. The van der Waals surface area contributed by atoms with E-state index in [9.17, 15) is 0 Å². The second-order valence-corrected chi connectivity index (χ2v) is 4.06. The fourth-order valence-electron chi connectivity index (χ4n) is 2.11. The summed E-state index contributed by atoms with van der Waals surface area (Å²) in [5, 5.41) is 9.04. The Kier molecular flexibility index (Phi) is 2.41. The van der Waals surface area contributed by atoms with Gasteiger partial charge >= 0.3 is 0 Å². The van der Waals surface area contributed by atoms with Gasteiger partial charge in [-0.3, -0.25) is 4.57 Å². The van der Waals surface area contributed by atoms with Gasteiger partial charge in [0, 0.05) is 0 Å². The van der Waals surface area contributed by atoms with Crippen molar-refractivity contribution in [1.82, 2.24) is 19.5 Å². The number of aromatic nitrogens is 4. The van der Waals surface area contributed by atoms with Crippen molar-refractivity contribution in [1.29, 1.82) is 0 Å². The zero-order valence-corrected chi connectivity index (χ0v) is 9.15. The van der Waals surface area contributed by atoms with Crippen molar-refractivity contribution < 1.29 is 9.84 Å². The minimum atomic E-state index is -0.133. The molecule has 2 atom stereocenters. The van der Waals surface area contributed by atoms with E-state index >= 15 is 0 Å². The third-order valence-corrected chi connectivity index (χ3v) is 2.99. The topological polar surface area (TPSA) is 99.1 Å². The molecule has 2 aromatic heterocycles. The Hall–Kier alpha value is -1.73. The molecule has 7 heteroatoms. The van der Waals surface area contributed by atoms with Crippen LogP contribution < -0.4 is 5.73 Å². The first-order valence-electron chi connectivity index (χ1n) is 5.49. The lowest BCUT2D eigenvalue weighted by atomic mass is 10.2. The summed E-state index contributed by atoms with van der Waals surface area (Å²) in [6.45, 7) is 0.0419. The Morgan fingerprint density at radius 2 is 2.29 bits per heavy atom. The van der Waals surface area contributed by atoms with E-state index in [0.717, 1.165) is 12.8 Å². The summed E-state index contributed by atoms with van der Waals surface area (Å²) >= 11 is 0. The summed E-state index contributed by atoms with van der Waals surface area (Å²) in [7, 11) is 0. The van der Waals surface area contributed by atoms with Gasteiger partial charge in [-0.25, -0.2) is 15.0 Å². The van der Waals surface area contributed by atoms with E-state index in [1.165, 1.54) is 6.33 Å². The Morgan fingerprint density at radius 1 is 1.41 bits per heavy atom. The lowest BCUT2D eigenvalue weighted by Gasteiger charge is -2.13. The molecule has 1 unspecified atom stereocenters. The van der Waals surface area contributed by atoms with Gasteiger partial charge in [-0.15, -0.1) is 0 Å². The summed E-state index contributed by atoms with van der Waals surface area (Å²) in [4.78, 5) is 12.2. The van der Waals surface area contributed by atoms with Crippen LogP contribution in [-0.2, 0) is 4.74 Å².